The third kappa shape index (κ3) is 4.17. The average molecular weight is 447 g/mol. The van der Waals surface area contributed by atoms with Crippen molar-refractivity contribution in [3.8, 4) is 6.07 Å². The summed E-state index contributed by atoms with van der Waals surface area (Å²) < 4.78 is 41.0. The summed E-state index contributed by atoms with van der Waals surface area (Å²) >= 11 is 0. The molecule has 0 unspecified atom stereocenters. The molecule has 0 radical (unpaired) electrons. The van der Waals surface area contributed by atoms with Crippen molar-refractivity contribution in [1.29, 1.82) is 5.26 Å². The number of aromatic nitrogens is 2. The van der Waals surface area contributed by atoms with Crippen molar-refractivity contribution in [2.24, 2.45) is 11.7 Å². The quantitative estimate of drug-likeness (QED) is 0.681. The second kappa shape index (κ2) is 8.13. The second-order valence-corrected chi connectivity index (χ2v) is 8.99. The molecular formula is C22H26F3N6O+. The Balaban J connectivity index is 1.55. The molecule has 0 bridgehead atoms. The van der Waals surface area contributed by atoms with Gasteiger partial charge in [-0.15, -0.1) is 0 Å². The first kappa shape index (κ1) is 22.1. The van der Waals surface area contributed by atoms with E-state index in [1.807, 2.05) is 0 Å². The zero-order valence-corrected chi connectivity index (χ0v) is 17.8. The van der Waals surface area contributed by atoms with Gasteiger partial charge in [-0.25, -0.2) is 0 Å². The Bertz CT molecular complexity index is 1040. The minimum absolute atomic E-state index is 0.130. The summed E-state index contributed by atoms with van der Waals surface area (Å²) in [7, 11) is 2.24. The van der Waals surface area contributed by atoms with Crippen molar-refractivity contribution in [1.82, 2.24) is 9.78 Å². The summed E-state index contributed by atoms with van der Waals surface area (Å²) in [6.07, 6.45) is 0.810. The molecule has 7 nitrogen and oxygen atoms in total. The highest BCUT2D eigenvalue weighted by atomic mass is 19.4. The monoisotopic (exact) mass is 447 g/mol. The topological polar surface area (TPSA) is 96.7 Å². The van der Waals surface area contributed by atoms with Gasteiger partial charge in [0.15, 0.2) is 5.82 Å². The van der Waals surface area contributed by atoms with Crippen molar-refractivity contribution >= 4 is 17.4 Å². The second-order valence-electron chi connectivity index (χ2n) is 8.99. The first-order valence-corrected chi connectivity index (χ1v) is 10.7. The van der Waals surface area contributed by atoms with Gasteiger partial charge in [-0.2, -0.15) is 23.5 Å². The molecule has 10 heteroatoms. The summed E-state index contributed by atoms with van der Waals surface area (Å²) in [6, 6.07) is 7.12. The SMILES string of the molecule is C[N+]1([C@H]2CC[C@H](n3cc(C(N)=O)c(Nc4ccc(C(F)(F)F)cc4)n3)[C@@H](C#N)C2)CCC1. The van der Waals surface area contributed by atoms with E-state index in [0.29, 0.717) is 11.7 Å². The number of alkyl halides is 3. The normalized spacial score (nSPS) is 24.9. The molecule has 4 rings (SSSR count). The summed E-state index contributed by atoms with van der Waals surface area (Å²) in [5, 5.41) is 17.2. The van der Waals surface area contributed by atoms with E-state index < -0.39 is 17.6 Å². The maximum atomic E-state index is 12.8. The zero-order valence-electron chi connectivity index (χ0n) is 17.8. The molecule has 1 aromatic heterocycles. The number of nitriles is 1. The highest BCUT2D eigenvalue weighted by molar-refractivity contribution is 5.98. The van der Waals surface area contributed by atoms with E-state index in [2.05, 4.69) is 23.5 Å². The molecule has 2 aromatic rings. The lowest BCUT2D eigenvalue weighted by Gasteiger charge is -2.51. The number of carbonyl (C=O) groups is 1. The van der Waals surface area contributed by atoms with E-state index in [1.165, 1.54) is 24.8 Å². The van der Waals surface area contributed by atoms with E-state index in [0.717, 1.165) is 49.0 Å². The van der Waals surface area contributed by atoms with Crippen LogP contribution in [0.5, 0.6) is 0 Å². The maximum Gasteiger partial charge on any atom is 0.416 e. The molecule has 170 valence electrons. The molecule has 3 N–H and O–H groups in total. The molecule has 2 aliphatic rings. The lowest BCUT2D eigenvalue weighted by atomic mass is 9.80. The van der Waals surface area contributed by atoms with Crippen LogP contribution in [-0.2, 0) is 6.18 Å². The Morgan fingerprint density at radius 3 is 2.50 bits per heavy atom. The number of nitrogens with one attached hydrogen (secondary N) is 1. The highest BCUT2D eigenvalue weighted by Gasteiger charge is 2.44. The summed E-state index contributed by atoms with van der Waals surface area (Å²) in [5.41, 5.74) is 5.23. The summed E-state index contributed by atoms with van der Waals surface area (Å²) in [5.74, 6) is -0.784. The van der Waals surface area contributed by atoms with Gasteiger partial charge >= 0.3 is 6.18 Å². The Hall–Kier alpha value is -3.06. The van der Waals surface area contributed by atoms with Gasteiger partial charge in [0.2, 0.25) is 0 Å². The number of benzene rings is 1. The number of anilines is 2. The van der Waals surface area contributed by atoms with Crippen LogP contribution in [-0.4, -0.2) is 46.3 Å². The third-order valence-electron chi connectivity index (χ3n) is 6.98. The fourth-order valence-corrected chi connectivity index (χ4v) is 4.89. The Labute approximate surface area is 184 Å². The van der Waals surface area contributed by atoms with Crippen LogP contribution in [0.4, 0.5) is 24.7 Å². The average Bonchev–Trinajstić information content (AvgIpc) is 3.15. The van der Waals surface area contributed by atoms with Crippen LogP contribution < -0.4 is 11.1 Å². The number of primary amides is 1. The van der Waals surface area contributed by atoms with E-state index in [4.69, 9.17) is 5.73 Å². The number of rotatable bonds is 5. The Morgan fingerprint density at radius 1 is 1.28 bits per heavy atom. The molecule has 1 aliphatic heterocycles. The summed E-state index contributed by atoms with van der Waals surface area (Å²) in [4.78, 5) is 12.0. The molecule has 1 saturated heterocycles. The third-order valence-corrected chi connectivity index (χ3v) is 6.98. The van der Waals surface area contributed by atoms with Crippen LogP contribution in [0, 0.1) is 17.2 Å². The lowest BCUT2D eigenvalue weighted by molar-refractivity contribution is -0.970. The van der Waals surface area contributed by atoms with E-state index in [9.17, 15) is 23.2 Å². The molecule has 0 spiro atoms. The van der Waals surface area contributed by atoms with E-state index in [-0.39, 0.29) is 23.3 Å². The minimum atomic E-state index is -4.43. The molecule has 1 saturated carbocycles. The minimum Gasteiger partial charge on any atom is -0.365 e. The smallest absolute Gasteiger partial charge is 0.365 e. The number of quaternary nitrogens is 1. The molecule has 2 heterocycles. The van der Waals surface area contributed by atoms with Crippen molar-refractivity contribution < 1.29 is 22.4 Å². The lowest BCUT2D eigenvalue weighted by Crippen LogP contribution is -2.62. The van der Waals surface area contributed by atoms with Crippen LogP contribution in [0.2, 0.25) is 0 Å². The number of nitrogens with zero attached hydrogens (tertiary/aromatic N) is 4. The highest BCUT2D eigenvalue weighted by Crippen LogP contribution is 2.40. The van der Waals surface area contributed by atoms with Crippen molar-refractivity contribution in [3.63, 3.8) is 0 Å². The van der Waals surface area contributed by atoms with Gasteiger partial charge in [0.1, 0.15) is 5.56 Å². The molecule has 1 aliphatic carbocycles. The van der Waals surface area contributed by atoms with Crippen molar-refractivity contribution in [2.45, 2.75) is 43.9 Å². The number of hydrogen-bond donors (Lipinski definition) is 2. The fourth-order valence-electron chi connectivity index (χ4n) is 4.89. The predicted molar refractivity (Wildman–Crippen MR) is 112 cm³/mol. The van der Waals surface area contributed by atoms with Crippen LogP contribution in [0.1, 0.15) is 47.6 Å². The number of likely N-dealkylation sites (tertiary alicyclic amines) is 1. The van der Waals surface area contributed by atoms with Crippen molar-refractivity contribution in [3.05, 3.63) is 41.6 Å². The van der Waals surface area contributed by atoms with Gasteiger partial charge in [0.05, 0.1) is 49.8 Å². The number of amides is 1. The molecule has 1 amide bonds. The number of carbonyl (C=O) groups excluding carboxylic acids is 1. The maximum absolute atomic E-state index is 12.8. The molecule has 32 heavy (non-hydrogen) atoms. The largest absolute Gasteiger partial charge is 0.416 e. The Kier molecular flexibility index (Phi) is 5.63. The Morgan fingerprint density at radius 2 is 1.97 bits per heavy atom. The van der Waals surface area contributed by atoms with Gasteiger partial charge in [0.25, 0.3) is 5.91 Å². The fraction of sp³-hybridized carbons (Fsp3) is 0.500. The standard InChI is InChI=1S/C22H25F3N6O/c1-31(9-2-10-31)17-7-8-19(14(11-17)12-26)30-13-18(20(27)32)21(29-30)28-16-5-3-15(4-6-16)22(23,24)25/h3-6,13-14,17,19H,2,7-11H2,1H3,(H2-,27,28,29,32)/p+1/t14-,17+,19+/m1/s1. The van der Waals surface area contributed by atoms with Crippen LogP contribution >= 0.6 is 0 Å². The zero-order chi connectivity index (χ0) is 23.1. The van der Waals surface area contributed by atoms with Gasteiger partial charge in [0, 0.05) is 31.1 Å². The van der Waals surface area contributed by atoms with E-state index >= 15 is 0 Å². The van der Waals surface area contributed by atoms with Gasteiger partial charge in [-0.3, -0.25) is 9.48 Å². The van der Waals surface area contributed by atoms with Crippen LogP contribution in [0.15, 0.2) is 30.5 Å². The van der Waals surface area contributed by atoms with Gasteiger partial charge in [-0.05, 0) is 30.7 Å². The van der Waals surface area contributed by atoms with Crippen molar-refractivity contribution in [2.75, 3.05) is 25.5 Å². The van der Waals surface area contributed by atoms with Crippen LogP contribution in [0.25, 0.3) is 0 Å². The summed E-state index contributed by atoms with van der Waals surface area (Å²) in [6.45, 7) is 2.28. The molecule has 1 aromatic carbocycles. The first-order chi connectivity index (χ1) is 15.1. The number of hydrogen-bond acceptors (Lipinski definition) is 4. The first-order valence-electron chi connectivity index (χ1n) is 10.7. The van der Waals surface area contributed by atoms with Gasteiger partial charge in [-0.1, -0.05) is 0 Å². The molecular weight excluding hydrogens is 421 g/mol. The number of halogens is 3. The predicted octanol–water partition coefficient (Wildman–Crippen LogP) is 3.83. The van der Waals surface area contributed by atoms with Crippen LogP contribution in [0.3, 0.4) is 0 Å². The molecule has 2 fully saturated rings. The van der Waals surface area contributed by atoms with E-state index in [1.54, 1.807) is 4.68 Å². The van der Waals surface area contributed by atoms with Gasteiger partial charge < -0.3 is 15.5 Å². The molecule has 3 atom stereocenters. The number of nitrogens with two attached hydrogens (primary N) is 1.